The molecule has 0 aliphatic rings. The van der Waals surface area contributed by atoms with Crippen LogP contribution in [0.1, 0.15) is 11.6 Å². The van der Waals surface area contributed by atoms with E-state index in [4.69, 9.17) is 46.4 Å². The molecule has 2 aromatic heterocycles. The summed E-state index contributed by atoms with van der Waals surface area (Å²) in [6.07, 6.45) is -13.5. The van der Waals surface area contributed by atoms with E-state index < -0.39 is 89.8 Å². The quantitative estimate of drug-likeness (QED) is 0.101. The summed E-state index contributed by atoms with van der Waals surface area (Å²) in [5, 5.41) is -3.05. The van der Waals surface area contributed by atoms with Crippen LogP contribution in [0.5, 0.6) is 0 Å². The molecule has 4 nitrogen and oxygen atoms in total. The molecule has 0 N–H and O–H groups in total. The van der Waals surface area contributed by atoms with Crippen molar-refractivity contribution in [1.29, 1.82) is 0 Å². The molecule has 0 saturated carbocycles. The normalized spacial score (nSPS) is 14.6. The molecule has 0 radical (unpaired) electrons. The Kier molecular flexibility index (Phi) is 7.06. The Labute approximate surface area is 284 Å². The van der Waals surface area contributed by atoms with Crippen molar-refractivity contribution in [1.82, 2.24) is 19.9 Å². The Bertz CT molecular complexity index is 2280. The molecule has 262 valence electrons. The fourth-order valence-corrected chi connectivity index (χ4v) is 6.74. The number of hydrogen-bond acceptors (Lipinski definition) is 4. The van der Waals surface area contributed by atoms with Crippen LogP contribution in [0.25, 0.3) is 65.2 Å². The molecule has 0 spiro atoms. The lowest BCUT2D eigenvalue weighted by molar-refractivity contribution is -0.361. The zero-order chi connectivity index (χ0) is 37.0. The molecular weight excluding hydrogens is 800 g/mol. The van der Waals surface area contributed by atoms with Crippen LogP contribution in [0.3, 0.4) is 0 Å². The molecule has 0 atom stereocenters. The van der Waals surface area contributed by atoms with Gasteiger partial charge in [0.1, 0.15) is 0 Å². The first-order valence-corrected chi connectivity index (χ1v) is 14.5. The van der Waals surface area contributed by atoms with Gasteiger partial charge in [-0.1, -0.05) is 46.4 Å². The van der Waals surface area contributed by atoms with Gasteiger partial charge >= 0.3 is 36.0 Å². The van der Waals surface area contributed by atoms with E-state index in [9.17, 15) is 61.5 Å². The van der Waals surface area contributed by atoms with Crippen molar-refractivity contribution in [3.05, 3.63) is 56.0 Å². The van der Waals surface area contributed by atoms with Crippen molar-refractivity contribution in [3.8, 4) is 0 Å². The molecular formula is C28H4Cl4F14N4. The van der Waals surface area contributed by atoms with Crippen molar-refractivity contribution < 1.29 is 61.5 Å². The van der Waals surface area contributed by atoms with Crippen LogP contribution in [0, 0.1) is 0 Å². The average molecular weight is 804 g/mol. The van der Waals surface area contributed by atoms with E-state index in [2.05, 4.69) is 19.9 Å². The van der Waals surface area contributed by atoms with Gasteiger partial charge in [-0.15, -0.1) is 0 Å². The van der Waals surface area contributed by atoms with Crippen LogP contribution in [-0.4, -0.2) is 44.1 Å². The van der Waals surface area contributed by atoms with E-state index in [1.807, 2.05) is 0 Å². The summed E-state index contributed by atoms with van der Waals surface area (Å²) in [6, 6.07) is 4.07. The average Bonchev–Trinajstić information content (AvgIpc) is 3.00. The van der Waals surface area contributed by atoms with Gasteiger partial charge in [0.05, 0.1) is 42.2 Å². The van der Waals surface area contributed by atoms with Gasteiger partial charge in [0.25, 0.3) is 0 Å². The third kappa shape index (κ3) is 4.27. The standard InChI is InChI=1S/C28H4Cl4F14N4/c29-9-1-5-6-2-10(30)19-16-14(6)8(4-12(32)20(16)50-22(49-19)24(35,36)26(39,40)28(44,45)46)7-3-11(31)18-15(13(5)7)17(9)47-21(48-18)23(33,34)25(37,38)27(41,42)43/h1-4H. The molecule has 2 heterocycles. The molecule has 7 aromatic rings. The number of aromatic nitrogens is 4. The summed E-state index contributed by atoms with van der Waals surface area (Å²) in [5.41, 5.74) is -2.96. The number of fused-ring (bicyclic) bond motifs is 2. The maximum atomic E-state index is 14.8. The number of alkyl halides is 14. The van der Waals surface area contributed by atoms with E-state index in [0.29, 0.717) is 0 Å². The summed E-state index contributed by atoms with van der Waals surface area (Å²) in [6.45, 7) is 0. The molecule has 50 heavy (non-hydrogen) atoms. The highest BCUT2D eigenvalue weighted by Gasteiger charge is 2.76. The summed E-state index contributed by atoms with van der Waals surface area (Å²) < 4.78 is 193. The first-order valence-electron chi connectivity index (χ1n) is 13.0. The fraction of sp³-hybridized carbons (Fsp3) is 0.214. The molecule has 0 aliphatic carbocycles. The van der Waals surface area contributed by atoms with Crippen LogP contribution in [-0.2, 0) is 11.8 Å². The van der Waals surface area contributed by atoms with Crippen molar-refractivity contribution in [2.75, 3.05) is 0 Å². The second kappa shape index (κ2) is 10.1. The van der Waals surface area contributed by atoms with Crippen LogP contribution < -0.4 is 0 Å². The monoisotopic (exact) mass is 802 g/mol. The highest BCUT2D eigenvalue weighted by Crippen LogP contribution is 2.55. The molecule has 22 heteroatoms. The lowest BCUT2D eigenvalue weighted by Gasteiger charge is -2.28. The predicted octanol–water partition coefficient (Wildman–Crippen LogP) is 12.3. The zero-order valence-electron chi connectivity index (χ0n) is 22.9. The van der Waals surface area contributed by atoms with Crippen LogP contribution in [0.15, 0.2) is 24.3 Å². The van der Waals surface area contributed by atoms with E-state index in [1.54, 1.807) is 0 Å². The van der Waals surface area contributed by atoms with Gasteiger partial charge < -0.3 is 0 Å². The molecule has 0 fully saturated rings. The Balaban J connectivity index is 1.61. The lowest BCUT2D eigenvalue weighted by Crippen LogP contribution is -2.50. The Morgan fingerprint density at radius 1 is 0.360 bits per heavy atom. The maximum Gasteiger partial charge on any atom is 0.460 e. The number of benzene rings is 5. The molecule has 0 unspecified atom stereocenters. The van der Waals surface area contributed by atoms with Crippen molar-refractivity contribution in [2.24, 2.45) is 0 Å². The van der Waals surface area contributed by atoms with E-state index >= 15 is 0 Å². The molecule has 7 rings (SSSR count). The Morgan fingerprint density at radius 3 is 0.780 bits per heavy atom. The Morgan fingerprint density at radius 2 is 0.580 bits per heavy atom. The van der Waals surface area contributed by atoms with Gasteiger partial charge in [-0.25, -0.2) is 19.9 Å². The topological polar surface area (TPSA) is 51.6 Å². The predicted molar refractivity (Wildman–Crippen MR) is 155 cm³/mol. The van der Waals surface area contributed by atoms with Gasteiger partial charge in [-0.05, 0) is 45.8 Å². The third-order valence-corrected chi connectivity index (χ3v) is 9.18. The second-order valence-corrected chi connectivity index (χ2v) is 12.5. The maximum absolute atomic E-state index is 14.8. The number of nitrogens with zero attached hydrogens (tertiary/aromatic N) is 4. The minimum atomic E-state index is -6.74. The van der Waals surface area contributed by atoms with Crippen molar-refractivity contribution in [2.45, 2.75) is 36.0 Å². The largest absolute Gasteiger partial charge is 0.460 e. The molecule has 0 saturated heterocycles. The summed E-state index contributed by atoms with van der Waals surface area (Å²) in [4.78, 5) is 13.1. The van der Waals surface area contributed by atoms with Gasteiger partial charge in [-0.2, -0.15) is 61.5 Å². The first kappa shape index (κ1) is 34.9. The van der Waals surface area contributed by atoms with E-state index in [0.717, 1.165) is 24.3 Å². The second-order valence-electron chi connectivity index (χ2n) is 10.9. The SMILES string of the molecule is FC(F)(F)C(F)(F)C(F)(F)c1nc2c(Cl)cc3c4cc(Cl)c5nc(C(F)(F)C(F)(F)C(F)(F)F)nc6c(Cl)cc(c7cc(Cl)c(n1)c2c37)c4c56. The smallest absolute Gasteiger partial charge is 0.225 e. The molecule has 0 bridgehead atoms. The first-order chi connectivity index (χ1) is 22.8. The Hall–Kier alpha value is -3.48. The van der Waals surface area contributed by atoms with Crippen molar-refractivity contribution >= 4 is 112 Å². The van der Waals surface area contributed by atoms with Gasteiger partial charge in [0, 0.05) is 21.5 Å². The summed E-state index contributed by atoms with van der Waals surface area (Å²) >= 11 is 25.3. The summed E-state index contributed by atoms with van der Waals surface area (Å²) in [7, 11) is 0. The number of rotatable bonds is 4. The van der Waals surface area contributed by atoms with Gasteiger partial charge in [0.15, 0.2) is 0 Å². The van der Waals surface area contributed by atoms with Gasteiger partial charge in [-0.3, -0.25) is 0 Å². The third-order valence-electron chi connectivity index (χ3n) is 8.03. The number of hydrogen-bond donors (Lipinski definition) is 0. The zero-order valence-corrected chi connectivity index (χ0v) is 25.9. The minimum absolute atomic E-state index is 0.0147. The van der Waals surface area contributed by atoms with Gasteiger partial charge in [0.2, 0.25) is 11.6 Å². The van der Waals surface area contributed by atoms with Crippen LogP contribution >= 0.6 is 46.4 Å². The lowest BCUT2D eigenvalue weighted by atomic mass is 9.88. The summed E-state index contributed by atoms with van der Waals surface area (Å²) in [5.74, 6) is -29.9. The molecule has 5 aromatic carbocycles. The highest BCUT2D eigenvalue weighted by atomic mass is 35.5. The molecule has 0 amide bonds. The van der Waals surface area contributed by atoms with Crippen LogP contribution in [0.2, 0.25) is 20.1 Å². The van der Waals surface area contributed by atoms with E-state index in [-0.39, 0.29) is 43.1 Å². The van der Waals surface area contributed by atoms with Crippen LogP contribution in [0.4, 0.5) is 61.5 Å². The highest BCUT2D eigenvalue weighted by molar-refractivity contribution is 6.50. The fourth-order valence-electron chi connectivity index (χ4n) is 5.75. The minimum Gasteiger partial charge on any atom is -0.225 e. The van der Waals surface area contributed by atoms with E-state index in [1.165, 1.54) is 0 Å². The van der Waals surface area contributed by atoms with Crippen molar-refractivity contribution in [3.63, 3.8) is 0 Å². The number of halogens is 18. The molecule has 0 aliphatic heterocycles.